The van der Waals surface area contributed by atoms with E-state index in [1.807, 2.05) is 41.8 Å². The van der Waals surface area contributed by atoms with E-state index in [9.17, 15) is 5.11 Å². The van der Waals surface area contributed by atoms with Gasteiger partial charge in [-0.05, 0) is 65.8 Å². The van der Waals surface area contributed by atoms with Gasteiger partial charge in [-0.3, -0.25) is 0 Å². The molecule has 2 heterocycles. The van der Waals surface area contributed by atoms with E-state index in [0.717, 1.165) is 26.0 Å². The number of hydrogen-bond acceptors (Lipinski definition) is 7. The average molecular weight is 571 g/mol. The summed E-state index contributed by atoms with van der Waals surface area (Å²) in [6.45, 7) is 7.29. The van der Waals surface area contributed by atoms with E-state index in [-0.39, 0.29) is 5.92 Å². The number of fused-ring (bicyclic) bond motifs is 1. The molecule has 1 atom stereocenters. The summed E-state index contributed by atoms with van der Waals surface area (Å²) < 4.78 is 3.13. The molecule has 0 amide bonds. The second-order valence-corrected chi connectivity index (χ2v) is 10.3. The molecule has 2 aromatic carbocycles. The molecule has 0 fully saturated rings. The number of anilines is 3. The van der Waals surface area contributed by atoms with E-state index >= 15 is 0 Å². The highest BCUT2D eigenvalue weighted by Gasteiger charge is 2.22. The first kappa shape index (κ1) is 24.2. The Hall–Kier alpha value is -2.92. The third kappa shape index (κ3) is 5.76. The number of nitrogens with one attached hydrogen (secondary N) is 2. The molecule has 0 bridgehead atoms. The van der Waals surface area contributed by atoms with Gasteiger partial charge < -0.3 is 26.0 Å². The van der Waals surface area contributed by atoms with Crippen LogP contribution in [0, 0.1) is 9.49 Å². The van der Waals surface area contributed by atoms with Crippen molar-refractivity contribution in [3.05, 3.63) is 69.6 Å². The highest BCUT2D eigenvalue weighted by Crippen LogP contribution is 2.24. The number of benzene rings is 2. The molecule has 178 valence electrons. The van der Waals surface area contributed by atoms with Crippen LogP contribution in [0.5, 0.6) is 0 Å². The highest BCUT2D eigenvalue weighted by molar-refractivity contribution is 14.1. The maximum atomic E-state index is 10.3. The summed E-state index contributed by atoms with van der Waals surface area (Å²) in [6, 6.07) is 16.2. The zero-order chi connectivity index (χ0) is 24.3. The fourth-order valence-electron chi connectivity index (χ4n) is 3.44. The molecule has 8 nitrogen and oxygen atoms in total. The summed E-state index contributed by atoms with van der Waals surface area (Å²) in [7, 11) is 0. The quantitative estimate of drug-likeness (QED) is 0.173. The predicted octanol–water partition coefficient (Wildman–Crippen LogP) is 4.49. The molecule has 0 aliphatic heterocycles. The molecular weight excluding hydrogens is 541 g/mol. The number of rotatable bonds is 9. The van der Waals surface area contributed by atoms with Crippen LogP contribution >= 0.6 is 22.6 Å². The van der Waals surface area contributed by atoms with Crippen LogP contribution in [-0.2, 0) is 13.1 Å². The third-order valence-corrected chi connectivity index (χ3v) is 6.65. The maximum Gasteiger partial charge on any atom is 0.226 e. The Morgan fingerprint density at radius 3 is 2.62 bits per heavy atom. The Morgan fingerprint density at radius 1 is 1.12 bits per heavy atom. The van der Waals surface area contributed by atoms with Crippen molar-refractivity contribution in [3.8, 4) is 0 Å². The number of nitrogens with zero attached hydrogens (tertiary/aromatic N) is 4. The Bertz CT molecular complexity index is 1270. The standard InChI is InChI=1S/C25H30IN7O/c1-16(25(2,3)34)12-29-24-31-22(28-13-18-11-19(26)9-10-20(18)27)21-23(32-24)33(15-30-21)14-17-7-5-4-6-8-17/h4-11,15-16,34H,12-14,27H2,1-3H3,(H2,28,29,31,32). The molecule has 9 heteroatoms. The Labute approximate surface area is 213 Å². The van der Waals surface area contributed by atoms with Gasteiger partial charge in [-0.15, -0.1) is 0 Å². The molecule has 4 aromatic rings. The molecule has 0 saturated heterocycles. The van der Waals surface area contributed by atoms with Gasteiger partial charge in [-0.25, -0.2) is 4.98 Å². The molecule has 4 rings (SSSR count). The summed E-state index contributed by atoms with van der Waals surface area (Å²) in [5, 5.41) is 17.0. The van der Waals surface area contributed by atoms with Gasteiger partial charge in [-0.1, -0.05) is 37.3 Å². The minimum atomic E-state index is -0.810. The van der Waals surface area contributed by atoms with Gasteiger partial charge in [-0.2, -0.15) is 9.97 Å². The monoisotopic (exact) mass is 571 g/mol. The number of imidazole rings is 1. The van der Waals surface area contributed by atoms with E-state index in [4.69, 9.17) is 15.7 Å². The zero-order valence-corrected chi connectivity index (χ0v) is 21.7. The smallest absolute Gasteiger partial charge is 0.226 e. The summed E-state index contributed by atoms with van der Waals surface area (Å²) in [4.78, 5) is 14.1. The van der Waals surface area contributed by atoms with Gasteiger partial charge in [0.15, 0.2) is 17.0 Å². The number of halogens is 1. The highest BCUT2D eigenvalue weighted by atomic mass is 127. The molecule has 0 saturated carbocycles. The molecule has 0 aliphatic carbocycles. The average Bonchev–Trinajstić information content (AvgIpc) is 3.20. The normalized spacial score (nSPS) is 12.6. The van der Waals surface area contributed by atoms with Crippen molar-refractivity contribution >= 4 is 51.2 Å². The number of aliphatic hydroxyl groups is 1. The molecule has 2 aromatic heterocycles. The topological polar surface area (TPSA) is 114 Å². The van der Waals surface area contributed by atoms with E-state index in [1.54, 1.807) is 20.2 Å². The van der Waals surface area contributed by atoms with Crippen LogP contribution in [0.1, 0.15) is 31.9 Å². The molecule has 0 radical (unpaired) electrons. The Morgan fingerprint density at radius 2 is 1.88 bits per heavy atom. The fraction of sp³-hybridized carbons (Fsp3) is 0.320. The Balaban J connectivity index is 1.66. The molecule has 34 heavy (non-hydrogen) atoms. The molecule has 5 N–H and O–H groups in total. The van der Waals surface area contributed by atoms with Crippen LogP contribution < -0.4 is 16.4 Å². The predicted molar refractivity (Wildman–Crippen MR) is 146 cm³/mol. The Kier molecular flexibility index (Phi) is 7.22. The van der Waals surface area contributed by atoms with Crippen LogP contribution in [0.15, 0.2) is 54.9 Å². The first-order valence-corrected chi connectivity index (χ1v) is 12.3. The minimum absolute atomic E-state index is 0.00336. The van der Waals surface area contributed by atoms with Crippen LogP contribution in [0.3, 0.4) is 0 Å². The number of nitrogens with two attached hydrogens (primary N) is 1. The van der Waals surface area contributed by atoms with Gasteiger partial charge in [0.05, 0.1) is 18.5 Å². The van der Waals surface area contributed by atoms with Crippen molar-refractivity contribution in [1.82, 2.24) is 19.5 Å². The van der Waals surface area contributed by atoms with Gasteiger partial charge >= 0.3 is 0 Å². The summed E-state index contributed by atoms with van der Waals surface area (Å²) in [6.07, 6.45) is 1.79. The third-order valence-electron chi connectivity index (χ3n) is 5.98. The number of nitrogen functional groups attached to an aromatic ring is 1. The van der Waals surface area contributed by atoms with Crippen LogP contribution in [0.2, 0.25) is 0 Å². The second kappa shape index (κ2) is 10.1. The summed E-state index contributed by atoms with van der Waals surface area (Å²) >= 11 is 2.28. The van der Waals surface area contributed by atoms with E-state index < -0.39 is 5.60 Å². The maximum absolute atomic E-state index is 10.3. The van der Waals surface area contributed by atoms with Crippen molar-refractivity contribution in [2.45, 2.75) is 39.5 Å². The largest absolute Gasteiger partial charge is 0.398 e. The van der Waals surface area contributed by atoms with E-state index in [0.29, 0.717) is 36.9 Å². The van der Waals surface area contributed by atoms with Gasteiger partial charge in [0, 0.05) is 28.3 Å². The lowest BCUT2D eigenvalue weighted by Crippen LogP contribution is -2.33. The fourth-order valence-corrected chi connectivity index (χ4v) is 4.00. The molecular formula is C25H30IN7O. The first-order chi connectivity index (χ1) is 16.2. The number of hydrogen-bond donors (Lipinski definition) is 4. The summed E-state index contributed by atoms with van der Waals surface area (Å²) in [5.74, 6) is 1.12. The zero-order valence-electron chi connectivity index (χ0n) is 19.6. The van der Waals surface area contributed by atoms with Crippen molar-refractivity contribution in [2.24, 2.45) is 5.92 Å². The molecule has 0 aliphatic rings. The van der Waals surface area contributed by atoms with Crippen LogP contribution in [0.4, 0.5) is 17.5 Å². The van der Waals surface area contributed by atoms with Crippen molar-refractivity contribution < 1.29 is 5.11 Å². The molecule has 1 unspecified atom stereocenters. The number of aromatic nitrogens is 4. The van der Waals surface area contributed by atoms with Crippen LogP contribution in [0.25, 0.3) is 11.2 Å². The first-order valence-electron chi connectivity index (χ1n) is 11.2. The van der Waals surface area contributed by atoms with Crippen molar-refractivity contribution in [2.75, 3.05) is 22.9 Å². The lowest BCUT2D eigenvalue weighted by Gasteiger charge is -2.26. The van der Waals surface area contributed by atoms with Gasteiger partial charge in [0.1, 0.15) is 0 Å². The van der Waals surface area contributed by atoms with E-state index in [1.165, 1.54) is 0 Å². The van der Waals surface area contributed by atoms with Gasteiger partial charge in [0.25, 0.3) is 0 Å². The van der Waals surface area contributed by atoms with Crippen LogP contribution in [-0.4, -0.2) is 36.8 Å². The van der Waals surface area contributed by atoms with Gasteiger partial charge in [0.2, 0.25) is 5.95 Å². The van der Waals surface area contributed by atoms with Crippen molar-refractivity contribution in [1.29, 1.82) is 0 Å². The van der Waals surface area contributed by atoms with Crippen molar-refractivity contribution in [3.63, 3.8) is 0 Å². The second-order valence-electron chi connectivity index (χ2n) is 9.06. The van der Waals surface area contributed by atoms with E-state index in [2.05, 4.69) is 56.4 Å². The molecule has 0 spiro atoms. The lowest BCUT2D eigenvalue weighted by molar-refractivity contribution is 0.0303. The SMILES string of the molecule is CC(CNc1nc(NCc2cc(I)ccc2N)c2ncn(Cc3ccccc3)c2n1)C(C)(C)O. The minimum Gasteiger partial charge on any atom is -0.398 e. The lowest BCUT2D eigenvalue weighted by atomic mass is 9.93. The summed E-state index contributed by atoms with van der Waals surface area (Å²) in [5.41, 5.74) is 9.67.